The molecule has 1 saturated heterocycles. The summed E-state index contributed by atoms with van der Waals surface area (Å²) < 4.78 is 21.8. The van der Waals surface area contributed by atoms with Crippen LogP contribution in [0.5, 0.6) is 0 Å². The van der Waals surface area contributed by atoms with Crippen molar-refractivity contribution < 1.29 is 177 Å². The van der Waals surface area contributed by atoms with Gasteiger partial charge in [-0.2, -0.15) is 0 Å². The van der Waals surface area contributed by atoms with Gasteiger partial charge in [0.2, 0.25) is 0 Å². The molecule has 2 rings (SSSR count). The Morgan fingerprint density at radius 1 is 0.628 bits per heavy atom. The number of rotatable bonds is 8. The van der Waals surface area contributed by atoms with Crippen molar-refractivity contribution in [3.05, 3.63) is 35.9 Å². The second kappa shape index (κ2) is 26.9. The van der Waals surface area contributed by atoms with Crippen LogP contribution in [-0.4, -0.2) is 124 Å². The van der Waals surface area contributed by atoms with E-state index in [1.165, 1.54) is 4.90 Å². The minimum atomic E-state index is -2.49. The molecule has 1 fully saturated rings. The first-order valence-electron chi connectivity index (χ1n) is 12.4. The summed E-state index contributed by atoms with van der Waals surface area (Å²) in [5, 5.41) is 47.1. The quantitative estimate of drug-likeness (QED) is 0.191. The van der Waals surface area contributed by atoms with E-state index in [0.29, 0.717) is 5.56 Å². The van der Waals surface area contributed by atoms with Crippen molar-refractivity contribution in [1.29, 1.82) is 0 Å². The van der Waals surface area contributed by atoms with E-state index in [1.54, 1.807) is 30.3 Å². The zero-order valence-corrected chi connectivity index (χ0v) is 33.4. The Morgan fingerprint density at radius 2 is 1.00 bits per heavy atom. The fourth-order valence-electron chi connectivity index (χ4n) is 4.10. The molecule has 14 nitrogen and oxygen atoms in total. The molecule has 0 spiro atoms. The maximum Gasteiger partial charge on any atom is 1.00 e. The SMILES string of the molecule is O=C([O-])C(C(=O)[O-])N1CCOCCOCCN(C(Cc2ccccc2)(C(=O)[O-])C(=O)[O-])CCOCCOCC1.[Na+].[Na+].[Na+].[Na+]. The molecule has 1 aromatic carbocycles. The van der Waals surface area contributed by atoms with Crippen LogP contribution in [-0.2, 0) is 44.5 Å². The zero-order valence-electron chi connectivity index (χ0n) is 25.4. The number of nitrogens with zero attached hydrogens (tertiary/aromatic N) is 2. The molecular weight excluding hydrogens is 612 g/mol. The number of benzene rings is 1. The van der Waals surface area contributed by atoms with Crippen LogP contribution in [0.15, 0.2) is 30.3 Å². The first-order chi connectivity index (χ1) is 18.7. The van der Waals surface area contributed by atoms with E-state index in [1.807, 2.05) is 0 Å². The second-order valence-corrected chi connectivity index (χ2v) is 8.61. The van der Waals surface area contributed by atoms with Crippen LogP contribution in [0.2, 0.25) is 0 Å². The Labute approximate surface area is 339 Å². The molecule has 1 aliphatic rings. The van der Waals surface area contributed by atoms with Gasteiger partial charge < -0.3 is 58.6 Å². The number of carboxylic acid groups (broad SMARTS) is 4. The van der Waals surface area contributed by atoms with Crippen LogP contribution in [0, 0.1) is 0 Å². The van der Waals surface area contributed by atoms with E-state index in [-0.39, 0.29) is 197 Å². The summed E-state index contributed by atoms with van der Waals surface area (Å²) >= 11 is 0. The molecule has 0 bridgehead atoms. The molecule has 0 amide bonds. The Morgan fingerprint density at radius 3 is 1.35 bits per heavy atom. The summed E-state index contributed by atoms with van der Waals surface area (Å²) in [4.78, 5) is 49.4. The summed E-state index contributed by atoms with van der Waals surface area (Å²) in [5.41, 5.74) is -2.03. The van der Waals surface area contributed by atoms with Gasteiger partial charge in [0.1, 0.15) is 5.54 Å². The van der Waals surface area contributed by atoms with Crippen molar-refractivity contribution in [3.63, 3.8) is 0 Å². The van der Waals surface area contributed by atoms with Crippen molar-refractivity contribution >= 4 is 23.9 Å². The predicted molar refractivity (Wildman–Crippen MR) is 123 cm³/mol. The Balaban J connectivity index is -0.00000400. The molecule has 0 aromatic heterocycles. The molecule has 18 heteroatoms. The molecule has 1 aromatic rings. The van der Waals surface area contributed by atoms with Gasteiger partial charge in [0, 0.05) is 32.6 Å². The van der Waals surface area contributed by atoms with Crippen LogP contribution < -0.4 is 139 Å². The van der Waals surface area contributed by atoms with Crippen molar-refractivity contribution in [3.8, 4) is 0 Å². The largest absolute Gasteiger partial charge is 1.00 e. The summed E-state index contributed by atoms with van der Waals surface area (Å²) in [5.74, 6) is -7.28. The summed E-state index contributed by atoms with van der Waals surface area (Å²) in [6.07, 6.45) is -0.403. The van der Waals surface area contributed by atoms with Crippen LogP contribution in [0.25, 0.3) is 0 Å². The van der Waals surface area contributed by atoms with Crippen LogP contribution in [0.3, 0.4) is 0 Å². The van der Waals surface area contributed by atoms with Gasteiger partial charge in [0.05, 0.1) is 82.8 Å². The van der Waals surface area contributed by atoms with Gasteiger partial charge >= 0.3 is 118 Å². The molecule has 0 N–H and O–H groups in total. The standard InChI is InChI=1S/C25H36N2O12.4Na/c28-21(29)20(22(30)31)26-6-10-36-14-16-38-12-8-27(9-13-39-17-15-37-11-7-26)25(23(32)33,24(34)35)18-19-4-2-1-3-5-19;;;;/h1-5,20H,6-18H2,(H,28,29)(H,30,31)(H,32,33)(H,34,35);;;;/q;4*+1/p-4. The molecule has 0 atom stereocenters. The van der Waals surface area contributed by atoms with Crippen molar-refractivity contribution in [2.75, 3.05) is 79.0 Å². The normalized spacial score (nSPS) is 16.9. The summed E-state index contributed by atoms with van der Waals surface area (Å²) in [7, 11) is 0. The molecule has 0 radical (unpaired) electrons. The minimum absolute atomic E-state index is 0. The molecule has 43 heavy (non-hydrogen) atoms. The van der Waals surface area contributed by atoms with Gasteiger partial charge in [-0.3, -0.25) is 9.80 Å². The molecule has 0 aliphatic carbocycles. The Kier molecular flexibility index (Phi) is 30.2. The van der Waals surface area contributed by atoms with Gasteiger partial charge in [-0.25, -0.2) is 0 Å². The third-order valence-electron chi connectivity index (χ3n) is 6.13. The monoisotopic (exact) mass is 644 g/mol. The number of carbonyl (C=O) groups excluding carboxylic acids is 4. The average Bonchev–Trinajstić information content (AvgIpc) is 2.88. The smallest absolute Gasteiger partial charge is 0.548 e. The van der Waals surface area contributed by atoms with E-state index < -0.39 is 41.9 Å². The Hall–Kier alpha value is 0.860. The van der Waals surface area contributed by atoms with Gasteiger partial charge in [-0.1, -0.05) is 30.3 Å². The molecule has 1 aliphatic heterocycles. The van der Waals surface area contributed by atoms with E-state index in [2.05, 4.69) is 0 Å². The van der Waals surface area contributed by atoms with Crippen molar-refractivity contribution in [2.45, 2.75) is 18.0 Å². The zero-order chi connectivity index (χ0) is 28.7. The van der Waals surface area contributed by atoms with E-state index in [9.17, 15) is 39.6 Å². The van der Waals surface area contributed by atoms with Crippen LogP contribution in [0.4, 0.5) is 0 Å². The number of hydrogen-bond acceptors (Lipinski definition) is 14. The molecule has 218 valence electrons. The molecule has 0 unspecified atom stereocenters. The number of carboxylic acids is 4. The van der Waals surface area contributed by atoms with Crippen LogP contribution in [0.1, 0.15) is 5.56 Å². The van der Waals surface area contributed by atoms with Crippen molar-refractivity contribution in [2.24, 2.45) is 0 Å². The third-order valence-corrected chi connectivity index (χ3v) is 6.13. The number of hydrogen-bond donors (Lipinski definition) is 0. The van der Waals surface area contributed by atoms with E-state index in [4.69, 9.17) is 18.9 Å². The number of ether oxygens (including phenoxy) is 4. The summed E-state index contributed by atoms with van der Waals surface area (Å²) in [6.45, 7) is -0.380. The number of carbonyl (C=O) groups is 4. The van der Waals surface area contributed by atoms with Crippen LogP contribution >= 0.6 is 0 Å². The first kappa shape index (κ1) is 48.3. The van der Waals surface area contributed by atoms with Gasteiger partial charge in [-0.05, 0) is 5.56 Å². The number of aliphatic carboxylic acids is 4. The van der Waals surface area contributed by atoms with Gasteiger partial charge in [-0.15, -0.1) is 0 Å². The molecule has 1 heterocycles. The maximum atomic E-state index is 12.3. The molecule has 0 saturated carbocycles. The van der Waals surface area contributed by atoms with Crippen molar-refractivity contribution in [1.82, 2.24) is 9.80 Å². The average molecular weight is 644 g/mol. The fraction of sp³-hybridized carbons (Fsp3) is 0.600. The minimum Gasteiger partial charge on any atom is -0.548 e. The van der Waals surface area contributed by atoms with Gasteiger partial charge in [0.25, 0.3) is 0 Å². The maximum absolute atomic E-state index is 12.3. The second-order valence-electron chi connectivity index (χ2n) is 8.61. The van der Waals surface area contributed by atoms with Gasteiger partial charge in [0.15, 0.2) is 0 Å². The Bertz CT molecular complexity index is 900. The van der Waals surface area contributed by atoms with E-state index in [0.717, 1.165) is 4.90 Å². The summed E-state index contributed by atoms with van der Waals surface area (Å²) in [6, 6.07) is 6.26. The predicted octanol–water partition coefficient (Wildman–Crippen LogP) is -18.0. The van der Waals surface area contributed by atoms with E-state index >= 15 is 0 Å². The fourth-order valence-corrected chi connectivity index (χ4v) is 4.10. The topological polar surface area (TPSA) is 204 Å². The molecular formula is C25H32N2Na4O12. The first-order valence-corrected chi connectivity index (χ1v) is 12.4. The third kappa shape index (κ3) is 16.5.